The van der Waals surface area contributed by atoms with Crippen molar-refractivity contribution in [3.63, 3.8) is 0 Å². The zero-order chi connectivity index (χ0) is 54.6. The number of H-pyrrole nitrogens is 1. The van der Waals surface area contributed by atoms with Gasteiger partial charge in [-0.15, -0.1) is 0 Å². The molecule has 1 unspecified atom stereocenters. The molecule has 65 heavy (non-hydrogen) atoms. The molecule has 3 fully saturated rings. The van der Waals surface area contributed by atoms with Gasteiger partial charge >= 0.3 is 28.3 Å². The number of piperidine rings is 1. The van der Waals surface area contributed by atoms with Crippen LogP contribution in [-0.4, -0.2) is 150 Å². The van der Waals surface area contributed by atoms with Gasteiger partial charge in [-0.3, -0.25) is 33.3 Å². The minimum absolute atomic E-state index is 0.0351. The summed E-state index contributed by atoms with van der Waals surface area (Å²) in [5.74, 6) is -5.29. The fraction of sp³-hybridized carbons (Fsp3) is 0.565. The molecule has 1 aliphatic carbocycles. The minimum Gasteiger partial charge on any atom is -0.496 e. The number of fused-ring (bicyclic) bond motifs is 6. The van der Waals surface area contributed by atoms with Gasteiger partial charge in [-0.1, -0.05) is 44.2 Å². The van der Waals surface area contributed by atoms with E-state index >= 15 is 4.79 Å². The third kappa shape index (κ3) is 6.90. The highest BCUT2D eigenvalue weighted by Crippen LogP contribution is 2.68. The number of rotatable bonds is 8. The maximum atomic E-state index is 15.7. The van der Waals surface area contributed by atoms with Crippen molar-refractivity contribution >= 4 is 51.3 Å². The Bertz CT molecular complexity index is 2890. The Morgan fingerprint density at radius 2 is 1.74 bits per heavy atom. The molecule has 19 heteroatoms. The van der Waals surface area contributed by atoms with Crippen LogP contribution in [-0.2, 0) is 61.0 Å². The number of para-hydroxylation sites is 1. The zero-order valence-corrected chi connectivity index (χ0v) is 36.7. The fourth-order valence-electron chi connectivity index (χ4n) is 13.1. The molecule has 2 bridgehead atoms. The maximum Gasteiger partial charge on any atom is 0.394 e. The van der Waals surface area contributed by atoms with E-state index in [4.69, 9.17) is 48.8 Å². The van der Waals surface area contributed by atoms with E-state index in [1.54, 1.807) is 25.1 Å². The van der Waals surface area contributed by atoms with Crippen LogP contribution in [0.5, 0.6) is 5.75 Å². The summed E-state index contributed by atoms with van der Waals surface area (Å²) in [6, 6.07) is 7.67. The molecule has 6 heterocycles. The first kappa shape index (κ1) is 36.3. The number of ether oxygens (including phenoxy) is 4. The molecule has 1 amide bonds. The summed E-state index contributed by atoms with van der Waals surface area (Å²) in [5.41, 5.74) is -7.82. The second-order valence-corrected chi connectivity index (χ2v) is 19.0. The van der Waals surface area contributed by atoms with Gasteiger partial charge in [0.1, 0.15) is 11.2 Å². The van der Waals surface area contributed by atoms with Gasteiger partial charge in [-0.2, -0.15) is 8.42 Å². The monoisotopic (exact) mass is 931 g/mol. The van der Waals surface area contributed by atoms with Gasteiger partial charge in [-0.25, -0.2) is 4.79 Å². The first-order chi connectivity index (χ1) is 34.3. The summed E-state index contributed by atoms with van der Waals surface area (Å²) in [6.45, 7) is 1.90. The van der Waals surface area contributed by atoms with Crippen LogP contribution in [0.2, 0.25) is 0 Å². The summed E-state index contributed by atoms with van der Waals surface area (Å²) in [5, 5.41) is 26.3. The largest absolute Gasteiger partial charge is 0.496 e. The lowest BCUT2D eigenvalue weighted by atomic mass is 9.47. The smallest absolute Gasteiger partial charge is 0.394 e. The Morgan fingerprint density at radius 3 is 2.42 bits per heavy atom. The van der Waals surface area contributed by atoms with Crippen LogP contribution in [0.3, 0.4) is 0 Å². The number of esters is 3. The van der Waals surface area contributed by atoms with Crippen LogP contribution >= 0.6 is 0 Å². The molecular weight excluding hydrogens is 865 g/mol. The lowest BCUT2D eigenvalue weighted by molar-refractivity contribution is -0.228. The van der Waals surface area contributed by atoms with Crippen molar-refractivity contribution in [1.82, 2.24) is 14.8 Å². The highest BCUT2D eigenvalue weighted by molar-refractivity contribution is 7.79. The predicted molar refractivity (Wildman–Crippen MR) is 235 cm³/mol. The zero-order valence-electron chi connectivity index (χ0n) is 44.9. The standard InChI is InChI=1S/C46H56N4O10.H2O4S/c1-7-42(55)22-28-23-45(40(53)58-5,36-30(14-18-48(24-28)25-42)29-12-9-10-13-33(29)47-36)32-20-31-34(21-35(32)57-4)50(26-51)38-44(31)16-19-49-17-11-15-43(8-2,37(44)49)39(60-27(3)52)46(38,56)41(54)59-6;1-5(2,3)4/h9-13,15,20-21,26,28,37-39,47,55-56H,7-8,14,16-19,22-25H2,1-6H3;(H2,1,2,3,4)/t28-,37+,38-,39-,42+,43-,44-,45+,46+;/m1./s1/i3D3,5D3,6D3;. The Kier molecular flexibility index (Phi) is 9.18. The predicted octanol–water partition coefficient (Wildman–Crippen LogP) is 2.86. The number of hydrogen-bond acceptors (Lipinski definition) is 14. The molecule has 18 nitrogen and oxygen atoms in total. The van der Waals surface area contributed by atoms with Gasteiger partial charge in [0.2, 0.25) is 12.0 Å². The molecule has 1 spiro atoms. The molecule has 2 aromatic carbocycles. The van der Waals surface area contributed by atoms with E-state index in [0.717, 1.165) is 10.3 Å². The average Bonchev–Trinajstić information content (AvgIpc) is 3.96. The molecule has 352 valence electrons. The van der Waals surface area contributed by atoms with E-state index in [1.807, 2.05) is 36.1 Å². The summed E-state index contributed by atoms with van der Waals surface area (Å²) >= 11 is 0. The van der Waals surface area contributed by atoms with E-state index in [0.29, 0.717) is 55.7 Å². The number of nitrogens with zero attached hydrogens (tertiary/aromatic N) is 3. The van der Waals surface area contributed by atoms with Crippen molar-refractivity contribution in [2.75, 3.05) is 58.8 Å². The maximum absolute atomic E-state index is 15.7. The Hall–Kier alpha value is -4.89. The lowest BCUT2D eigenvalue weighted by Crippen LogP contribution is -2.81. The van der Waals surface area contributed by atoms with Crippen LogP contribution in [0.15, 0.2) is 48.6 Å². The number of carbonyl (C=O) groups excluding carboxylic acids is 4. The van der Waals surface area contributed by atoms with Crippen molar-refractivity contribution in [2.24, 2.45) is 11.3 Å². The summed E-state index contributed by atoms with van der Waals surface area (Å²) < 4.78 is 127. The number of aromatic nitrogens is 1. The van der Waals surface area contributed by atoms with Crippen LogP contribution < -0.4 is 9.64 Å². The Labute approximate surface area is 390 Å². The number of carbonyl (C=O) groups is 4. The molecule has 5 N–H and O–H groups in total. The van der Waals surface area contributed by atoms with Crippen molar-refractivity contribution < 1.29 is 78.2 Å². The first-order valence-electron chi connectivity index (χ1n) is 25.8. The van der Waals surface area contributed by atoms with Crippen LogP contribution in [0, 0.1) is 11.3 Å². The molecule has 9 rings (SSSR count). The minimum atomic E-state index is -4.67. The number of amides is 1. The van der Waals surface area contributed by atoms with Crippen molar-refractivity contribution in [3.8, 4) is 5.75 Å². The van der Waals surface area contributed by atoms with Gasteiger partial charge in [0, 0.05) is 82.2 Å². The molecule has 3 aromatic rings. The van der Waals surface area contributed by atoms with Crippen LogP contribution in [0.1, 0.15) is 87.5 Å². The normalized spacial score (nSPS) is 37.2. The van der Waals surface area contributed by atoms with E-state index in [-0.39, 0.29) is 61.3 Å². The van der Waals surface area contributed by atoms with E-state index in [2.05, 4.69) is 9.88 Å². The number of hydrogen-bond donors (Lipinski definition) is 5. The van der Waals surface area contributed by atoms with Crippen LogP contribution in [0.4, 0.5) is 5.69 Å². The fourth-order valence-corrected chi connectivity index (χ4v) is 13.1. The molecule has 2 saturated heterocycles. The van der Waals surface area contributed by atoms with Gasteiger partial charge in [0.15, 0.2) is 6.10 Å². The second-order valence-electron chi connectivity index (χ2n) is 18.1. The molecule has 5 aliphatic heterocycles. The van der Waals surface area contributed by atoms with E-state index in [9.17, 15) is 24.6 Å². The van der Waals surface area contributed by atoms with Crippen molar-refractivity contribution in [2.45, 2.75) is 99.4 Å². The topological polar surface area (TPSA) is 246 Å². The molecule has 0 radical (unpaired) electrons. The highest BCUT2D eigenvalue weighted by atomic mass is 32.3. The number of methoxy groups -OCH3 is 3. The summed E-state index contributed by atoms with van der Waals surface area (Å²) in [4.78, 5) is 66.7. The van der Waals surface area contributed by atoms with Crippen molar-refractivity contribution in [3.05, 3.63) is 70.9 Å². The molecular formula is C46H58N4O14S. The van der Waals surface area contributed by atoms with Gasteiger partial charge in [0.25, 0.3) is 0 Å². The third-order valence-electron chi connectivity index (χ3n) is 15.3. The van der Waals surface area contributed by atoms with E-state index in [1.165, 1.54) is 13.2 Å². The van der Waals surface area contributed by atoms with Gasteiger partial charge < -0.3 is 39.0 Å². The number of nitrogens with one attached hydrogen (secondary N) is 1. The van der Waals surface area contributed by atoms with Gasteiger partial charge in [0.05, 0.1) is 46.7 Å². The molecule has 1 saturated carbocycles. The molecule has 1 aromatic heterocycles. The molecule has 10 atom stereocenters. The second kappa shape index (κ2) is 16.5. The number of benzene rings is 2. The Balaban J connectivity index is 0.00000139. The number of aromatic amines is 1. The third-order valence-corrected chi connectivity index (χ3v) is 15.3. The Morgan fingerprint density at radius 1 is 1.00 bits per heavy atom. The van der Waals surface area contributed by atoms with Gasteiger partial charge in [-0.05, 0) is 74.2 Å². The lowest BCUT2D eigenvalue weighted by Gasteiger charge is -2.63. The number of anilines is 1. The van der Waals surface area contributed by atoms with Crippen molar-refractivity contribution in [1.29, 1.82) is 0 Å². The first-order valence-corrected chi connectivity index (χ1v) is 22.7. The summed E-state index contributed by atoms with van der Waals surface area (Å²) in [7, 11) is -10.1. The summed E-state index contributed by atoms with van der Waals surface area (Å²) in [6.07, 6.45) is 2.38. The number of aliphatic hydroxyl groups is 2. The van der Waals surface area contributed by atoms with Crippen LogP contribution in [0.25, 0.3) is 10.9 Å². The molecule has 6 aliphatic rings. The quantitative estimate of drug-likeness (QED) is 0.0717. The average molecular weight is 932 g/mol. The SMILES string of the molecule is O=S(=O)(O)O.[2H]C([2H])([2H])OC(=O)[C@]1(c2cc3c(cc2OC)N(C=O)[C@H]2[C@@](O)(C(=O)OC([2H])([2H])[2H])[C@H](OC(=O)C([2H])([2H])[2H])[C@]4(CC)C=CCN5CC[C@]32[C@@H]54)C[C@@H]2CN(CCc3c1[nH]c1ccccc31)C[C@](O)(CC)C2. The highest BCUT2D eigenvalue weighted by Gasteiger charge is 2.81. The van der Waals surface area contributed by atoms with E-state index < -0.39 is 101 Å².